The van der Waals surface area contributed by atoms with E-state index < -0.39 is 15.5 Å². The number of benzene rings is 1. The SMILES string of the molecule is CCNC(=NCc1cc(OC)ccc1O)NC1CCN(S(=O)(=O)C(F)(F)F)CC1.I. The van der Waals surface area contributed by atoms with Crippen LogP contribution in [0.4, 0.5) is 13.2 Å². The first-order valence-corrected chi connectivity index (χ1v) is 10.5. The third-order valence-electron chi connectivity index (χ3n) is 4.47. The van der Waals surface area contributed by atoms with Crippen molar-refractivity contribution in [3.8, 4) is 11.5 Å². The Morgan fingerprint density at radius 2 is 1.97 bits per heavy atom. The molecule has 0 spiro atoms. The van der Waals surface area contributed by atoms with Gasteiger partial charge in [-0.15, -0.1) is 24.0 Å². The summed E-state index contributed by atoms with van der Waals surface area (Å²) in [5.74, 6) is 1.06. The van der Waals surface area contributed by atoms with Crippen molar-refractivity contribution in [1.82, 2.24) is 14.9 Å². The van der Waals surface area contributed by atoms with Crippen molar-refractivity contribution in [2.75, 3.05) is 26.7 Å². The molecule has 8 nitrogen and oxygen atoms in total. The van der Waals surface area contributed by atoms with Gasteiger partial charge in [-0.1, -0.05) is 0 Å². The van der Waals surface area contributed by atoms with Gasteiger partial charge in [-0.05, 0) is 38.0 Å². The van der Waals surface area contributed by atoms with Crippen LogP contribution < -0.4 is 15.4 Å². The molecule has 0 radical (unpaired) electrons. The topological polar surface area (TPSA) is 103 Å². The zero-order valence-electron chi connectivity index (χ0n) is 16.6. The summed E-state index contributed by atoms with van der Waals surface area (Å²) in [6.07, 6.45) is 0.425. The highest BCUT2D eigenvalue weighted by molar-refractivity contribution is 14.0. The Kier molecular flexibility index (Phi) is 9.94. The molecule has 3 N–H and O–H groups in total. The van der Waals surface area contributed by atoms with Crippen molar-refractivity contribution >= 4 is 40.0 Å². The average Bonchev–Trinajstić information content (AvgIpc) is 2.67. The molecule has 0 unspecified atom stereocenters. The van der Waals surface area contributed by atoms with E-state index in [0.717, 1.165) is 0 Å². The number of piperidine rings is 1. The molecule has 172 valence electrons. The van der Waals surface area contributed by atoms with E-state index in [-0.39, 0.29) is 68.2 Å². The fourth-order valence-corrected chi connectivity index (χ4v) is 3.86. The number of halogens is 4. The van der Waals surface area contributed by atoms with Crippen molar-refractivity contribution in [3.63, 3.8) is 0 Å². The number of nitrogens with one attached hydrogen (secondary N) is 2. The zero-order chi connectivity index (χ0) is 21.7. The standard InChI is InChI=1S/C17H25F3N4O4S.HI/c1-3-21-16(22-11-12-10-14(28-2)4-5-15(12)25)23-13-6-8-24(9-7-13)29(26,27)17(18,19)20;/h4-5,10,13,25H,3,6-9,11H2,1-2H3,(H2,21,22,23);1H. The van der Waals surface area contributed by atoms with E-state index in [1.807, 2.05) is 6.92 Å². The first kappa shape index (κ1) is 26.6. The molecule has 0 aromatic heterocycles. The number of guanidine groups is 1. The molecule has 1 saturated heterocycles. The molecular formula is C17H26F3IN4O4S. The molecule has 1 aliphatic heterocycles. The number of phenolic OH excluding ortho intramolecular Hbond substituents is 1. The van der Waals surface area contributed by atoms with Gasteiger partial charge in [0.25, 0.3) is 0 Å². The van der Waals surface area contributed by atoms with Crippen LogP contribution in [0.25, 0.3) is 0 Å². The number of methoxy groups -OCH3 is 1. The summed E-state index contributed by atoms with van der Waals surface area (Å²) in [5.41, 5.74) is -4.74. The summed E-state index contributed by atoms with van der Waals surface area (Å²) >= 11 is 0. The van der Waals surface area contributed by atoms with Crippen LogP contribution in [0.2, 0.25) is 0 Å². The number of rotatable bonds is 6. The van der Waals surface area contributed by atoms with Crippen LogP contribution in [0.1, 0.15) is 25.3 Å². The lowest BCUT2D eigenvalue weighted by atomic mass is 10.1. The van der Waals surface area contributed by atoms with Gasteiger partial charge in [-0.2, -0.15) is 17.5 Å². The molecule has 0 aliphatic carbocycles. The van der Waals surface area contributed by atoms with E-state index in [0.29, 0.717) is 28.1 Å². The number of nitrogens with zero attached hydrogens (tertiary/aromatic N) is 2. The number of hydrogen-bond acceptors (Lipinski definition) is 5. The van der Waals surface area contributed by atoms with Gasteiger partial charge in [0.15, 0.2) is 5.96 Å². The molecule has 0 bridgehead atoms. The molecule has 0 saturated carbocycles. The van der Waals surface area contributed by atoms with Gasteiger partial charge in [0, 0.05) is 31.2 Å². The summed E-state index contributed by atoms with van der Waals surface area (Å²) in [5, 5.41) is 16.1. The van der Waals surface area contributed by atoms with Crippen molar-refractivity contribution in [2.24, 2.45) is 4.99 Å². The summed E-state index contributed by atoms with van der Waals surface area (Å²) in [6.45, 7) is 2.11. The lowest BCUT2D eigenvalue weighted by Gasteiger charge is -2.32. The first-order chi connectivity index (χ1) is 13.6. The lowest BCUT2D eigenvalue weighted by Crippen LogP contribution is -2.51. The van der Waals surface area contributed by atoms with Gasteiger partial charge in [-0.25, -0.2) is 13.4 Å². The minimum Gasteiger partial charge on any atom is -0.508 e. The van der Waals surface area contributed by atoms with Crippen molar-refractivity contribution < 1.29 is 31.4 Å². The third-order valence-corrected chi connectivity index (χ3v) is 6.10. The Morgan fingerprint density at radius 3 is 2.50 bits per heavy atom. The van der Waals surface area contributed by atoms with Crippen LogP contribution >= 0.6 is 24.0 Å². The maximum absolute atomic E-state index is 12.7. The number of hydrogen-bond donors (Lipinski definition) is 3. The highest BCUT2D eigenvalue weighted by Gasteiger charge is 2.50. The molecule has 0 amide bonds. The molecule has 13 heteroatoms. The van der Waals surface area contributed by atoms with Crippen LogP contribution in [0.3, 0.4) is 0 Å². The smallest absolute Gasteiger partial charge is 0.508 e. The maximum atomic E-state index is 12.7. The quantitative estimate of drug-likeness (QED) is 0.278. The second-order valence-corrected chi connectivity index (χ2v) is 8.39. The van der Waals surface area contributed by atoms with Crippen molar-refractivity contribution in [2.45, 2.75) is 37.9 Å². The fraction of sp³-hybridized carbons (Fsp3) is 0.588. The van der Waals surface area contributed by atoms with Crippen LogP contribution in [0, 0.1) is 0 Å². The number of aliphatic imine (C=N–C) groups is 1. The largest absolute Gasteiger partial charge is 0.511 e. The van der Waals surface area contributed by atoms with Crippen LogP contribution in [0.5, 0.6) is 11.5 Å². The maximum Gasteiger partial charge on any atom is 0.511 e. The van der Waals surface area contributed by atoms with E-state index >= 15 is 0 Å². The monoisotopic (exact) mass is 566 g/mol. The highest BCUT2D eigenvalue weighted by atomic mass is 127. The average molecular weight is 566 g/mol. The van der Waals surface area contributed by atoms with Crippen LogP contribution in [-0.4, -0.2) is 62.1 Å². The van der Waals surface area contributed by atoms with Crippen molar-refractivity contribution in [1.29, 1.82) is 0 Å². The Bertz CT molecular complexity index is 829. The lowest BCUT2D eigenvalue weighted by molar-refractivity contribution is -0.0494. The van der Waals surface area contributed by atoms with E-state index in [1.54, 1.807) is 12.1 Å². The molecule has 30 heavy (non-hydrogen) atoms. The van der Waals surface area contributed by atoms with Crippen LogP contribution in [0.15, 0.2) is 23.2 Å². The van der Waals surface area contributed by atoms with Crippen LogP contribution in [-0.2, 0) is 16.6 Å². The molecule has 1 aromatic rings. The number of alkyl halides is 3. The summed E-state index contributed by atoms with van der Waals surface area (Å²) in [7, 11) is -3.79. The normalized spacial score (nSPS) is 16.6. The van der Waals surface area contributed by atoms with E-state index in [2.05, 4.69) is 15.6 Å². The van der Waals surface area contributed by atoms with Crippen molar-refractivity contribution in [3.05, 3.63) is 23.8 Å². The number of aromatic hydroxyl groups is 1. The first-order valence-electron chi connectivity index (χ1n) is 9.05. The van der Waals surface area contributed by atoms with Gasteiger partial charge in [0.1, 0.15) is 11.5 Å². The molecule has 0 atom stereocenters. The predicted octanol–water partition coefficient (Wildman–Crippen LogP) is 2.39. The molecular weight excluding hydrogens is 540 g/mol. The summed E-state index contributed by atoms with van der Waals surface area (Å²) < 4.78 is 66.6. The second kappa shape index (κ2) is 11.2. The summed E-state index contributed by atoms with van der Waals surface area (Å²) in [4.78, 5) is 4.39. The Labute approximate surface area is 191 Å². The van der Waals surface area contributed by atoms with Gasteiger partial charge < -0.3 is 20.5 Å². The minimum absolute atomic E-state index is 0. The number of ether oxygens (including phenoxy) is 1. The third kappa shape index (κ3) is 6.77. The highest BCUT2D eigenvalue weighted by Crippen LogP contribution is 2.29. The molecule has 2 rings (SSSR count). The molecule has 1 aromatic carbocycles. The van der Waals surface area contributed by atoms with Gasteiger partial charge in [0.2, 0.25) is 0 Å². The zero-order valence-corrected chi connectivity index (χ0v) is 19.7. The minimum atomic E-state index is -5.30. The predicted molar refractivity (Wildman–Crippen MR) is 118 cm³/mol. The van der Waals surface area contributed by atoms with E-state index in [1.165, 1.54) is 13.2 Å². The van der Waals surface area contributed by atoms with E-state index in [9.17, 15) is 26.7 Å². The van der Waals surface area contributed by atoms with Gasteiger partial charge in [-0.3, -0.25) is 0 Å². The van der Waals surface area contributed by atoms with Gasteiger partial charge >= 0.3 is 15.5 Å². The van der Waals surface area contributed by atoms with Gasteiger partial charge in [0.05, 0.1) is 13.7 Å². The molecule has 1 heterocycles. The number of phenols is 1. The second-order valence-electron chi connectivity index (χ2n) is 6.46. The molecule has 1 aliphatic rings. The Morgan fingerprint density at radius 1 is 1.33 bits per heavy atom. The Hall–Kier alpha value is -1.48. The van der Waals surface area contributed by atoms with E-state index in [4.69, 9.17) is 4.74 Å². The number of sulfonamides is 1. The molecule has 1 fully saturated rings. The summed E-state index contributed by atoms with van der Waals surface area (Å²) in [6, 6.07) is 4.55. The Balaban J connectivity index is 0.00000450. The fourth-order valence-electron chi connectivity index (χ4n) is 2.88.